The van der Waals surface area contributed by atoms with Crippen LogP contribution in [0.15, 0.2) is 48.5 Å². The summed E-state index contributed by atoms with van der Waals surface area (Å²) < 4.78 is 5.39. The summed E-state index contributed by atoms with van der Waals surface area (Å²) in [5.74, 6) is 0.752. The molecule has 0 aliphatic carbocycles. The van der Waals surface area contributed by atoms with E-state index in [1.54, 1.807) is 0 Å². The molecule has 1 amide bonds. The van der Waals surface area contributed by atoms with Crippen molar-refractivity contribution in [3.63, 3.8) is 0 Å². The molecule has 2 N–H and O–H groups in total. The highest BCUT2D eigenvalue weighted by molar-refractivity contribution is 5.94. The fraction of sp³-hybridized carbons (Fsp3) is 0.222. The van der Waals surface area contributed by atoms with Crippen LogP contribution in [0, 0.1) is 0 Å². The number of hydrogen-bond donors (Lipinski definition) is 2. The maximum atomic E-state index is 12.0. The Balaban J connectivity index is 1.52. The molecule has 1 aliphatic rings. The van der Waals surface area contributed by atoms with Crippen LogP contribution in [0.5, 0.6) is 0 Å². The summed E-state index contributed by atoms with van der Waals surface area (Å²) in [6.07, 6.45) is 1.43. The highest BCUT2D eigenvalue weighted by Crippen LogP contribution is 2.22. The Kier molecular flexibility index (Phi) is 3.55. The van der Waals surface area contributed by atoms with Crippen molar-refractivity contribution < 1.29 is 9.53 Å². The second-order valence-corrected chi connectivity index (χ2v) is 5.67. The van der Waals surface area contributed by atoms with Crippen LogP contribution in [0.3, 0.4) is 0 Å². The van der Waals surface area contributed by atoms with E-state index in [2.05, 4.69) is 15.3 Å². The summed E-state index contributed by atoms with van der Waals surface area (Å²) in [5.41, 5.74) is 3.71. The third kappa shape index (κ3) is 2.83. The number of nitrogens with one attached hydrogen (secondary N) is 2. The van der Waals surface area contributed by atoms with Gasteiger partial charge in [0, 0.05) is 17.9 Å². The standard InChI is InChI=1S/C18H17N3O2/c22-18(16-6-3-11-23-16)19-13-9-7-12(8-10-13)17-20-14-4-1-2-5-15(14)21-17/h1-2,4-5,7-10,16H,3,6,11H2,(H,19,22)(H,20,21)/t16-/m1/s1. The van der Waals surface area contributed by atoms with Crippen LogP contribution in [-0.4, -0.2) is 28.6 Å². The monoisotopic (exact) mass is 307 g/mol. The Morgan fingerprint density at radius 2 is 2.00 bits per heavy atom. The third-order valence-corrected chi connectivity index (χ3v) is 4.04. The van der Waals surface area contributed by atoms with Crippen molar-refractivity contribution >= 4 is 22.6 Å². The van der Waals surface area contributed by atoms with Crippen molar-refractivity contribution in [1.82, 2.24) is 9.97 Å². The number of rotatable bonds is 3. The van der Waals surface area contributed by atoms with Gasteiger partial charge in [0.25, 0.3) is 5.91 Å². The lowest BCUT2D eigenvalue weighted by atomic mass is 10.2. The van der Waals surface area contributed by atoms with E-state index in [4.69, 9.17) is 4.74 Å². The number of hydrogen-bond acceptors (Lipinski definition) is 3. The van der Waals surface area contributed by atoms with Gasteiger partial charge < -0.3 is 15.0 Å². The molecule has 1 atom stereocenters. The van der Waals surface area contributed by atoms with E-state index in [0.29, 0.717) is 6.61 Å². The second kappa shape index (κ2) is 5.85. The number of imidazole rings is 1. The van der Waals surface area contributed by atoms with Crippen molar-refractivity contribution in [3.05, 3.63) is 48.5 Å². The number of nitrogens with zero attached hydrogens (tertiary/aromatic N) is 1. The SMILES string of the molecule is O=C(Nc1ccc(-c2nc3ccccc3[nH]2)cc1)[C@H]1CCCO1. The summed E-state index contributed by atoms with van der Waals surface area (Å²) in [5, 5.41) is 2.89. The number of aromatic nitrogens is 2. The maximum absolute atomic E-state index is 12.0. The molecule has 1 saturated heterocycles. The number of aromatic amines is 1. The van der Waals surface area contributed by atoms with Gasteiger partial charge in [0.1, 0.15) is 11.9 Å². The van der Waals surface area contributed by atoms with Crippen molar-refractivity contribution in [2.45, 2.75) is 18.9 Å². The molecule has 0 unspecified atom stereocenters. The molecule has 5 nitrogen and oxygen atoms in total. The molecule has 1 aromatic heterocycles. The predicted octanol–water partition coefficient (Wildman–Crippen LogP) is 3.35. The average molecular weight is 307 g/mol. The van der Waals surface area contributed by atoms with Gasteiger partial charge in [-0.2, -0.15) is 0 Å². The minimum atomic E-state index is -0.315. The van der Waals surface area contributed by atoms with Gasteiger partial charge >= 0.3 is 0 Å². The number of benzene rings is 2. The molecular formula is C18H17N3O2. The number of ether oxygens (including phenoxy) is 1. The lowest BCUT2D eigenvalue weighted by molar-refractivity contribution is -0.124. The molecule has 0 spiro atoms. The molecule has 0 radical (unpaired) electrons. The minimum absolute atomic E-state index is 0.0704. The van der Waals surface area contributed by atoms with E-state index in [1.165, 1.54) is 0 Å². The number of H-pyrrole nitrogens is 1. The summed E-state index contributed by atoms with van der Waals surface area (Å²) in [6.45, 7) is 0.670. The van der Waals surface area contributed by atoms with Gasteiger partial charge in [-0.25, -0.2) is 4.98 Å². The van der Waals surface area contributed by atoms with Crippen LogP contribution in [-0.2, 0) is 9.53 Å². The molecule has 3 aromatic rings. The average Bonchev–Trinajstić information content (AvgIpc) is 3.25. The summed E-state index contributed by atoms with van der Waals surface area (Å²) in [7, 11) is 0. The van der Waals surface area contributed by atoms with Gasteiger partial charge in [-0.3, -0.25) is 4.79 Å². The van der Waals surface area contributed by atoms with Crippen molar-refractivity contribution in [2.24, 2.45) is 0 Å². The first kappa shape index (κ1) is 14.0. The fourth-order valence-electron chi connectivity index (χ4n) is 2.81. The van der Waals surface area contributed by atoms with Crippen LogP contribution in [0.25, 0.3) is 22.4 Å². The lowest BCUT2D eigenvalue weighted by Crippen LogP contribution is -2.26. The molecule has 0 saturated carbocycles. The van der Waals surface area contributed by atoms with Crippen LogP contribution in [0.4, 0.5) is 5.69 Å². The molecule has 5 heteroatoms. The van der Waals surface area contributed by atoms with Gasteiger partial charge in [0.15, 0.2) is 0 Å². The predicted molar refractivity (Wildman–Crippen MR) is 89.1 cm³/mol. The van der Waals surface area contributed by atoms with Crippen molar-refractivity contribution in [3.8, 4) is 11.4 Å². The van der Waals surface area contributed by atoms with E-state index in [9.17, 15) is 4.79 Å². The second-order valence-electron chi connectivity index (χ2n) is 5.67. The normalized spacial score (nSPS) is 17.5. The van der Waals surface area contributed by atoms with E-state index < -0.39 is 0 Å². The number of carbonyl (C=O) groups excluding carboxylic acids is 1. The molecule has 1 aliphatic heterocycles. The van der Waals surface area contributed by atoms with Crippen LogP contribution in [0.1, 0.15) is 12.8 Å². The quantitative estimate of drug-likeness (QED) is 0.780. The number of amides is 1. The van der Waals surface area contributed by atoms with Gasteiger partial charge in [-0.15, -0.1) is 0 Å². The molecule has 0 bridgehead atoms. The number of para-hydroxylation sites is 2. The summed E-state index contributed by atoms with van der Waals surface area (Å²) in [4.78, 5) is 19.9. The zero-order valence-corrected chi connectivity index (χ0v) is 12.6. The Morgan fingerprint density at radius 1 is 1.17 bits per heavy atom. The highest BCUT2D eigenvalue weighted by Gasteiger charge is 2.23. The van der Waals surface area contributed by atoms with Crippen LogP contribution in [0.2, 0.25) is 0 Å². The fourth-order valence-corrected chi connectivity index (χ4v) is 2.81. The largest absolute Gasteiger partial charge is 0.368 e. The first-order chi connectivity index (χ1) is 11.3. The highest BCUT2D eigenvalue weighted by atomic mass is 16.5. The van der Waals surface area contributed by atoms with Crippen LogP contribution >= 0.6 is 0 Å². The van der Waals surface area contributed by atoms with E-state index >= 15 is 0 Å². The summed E-state index contributed by atoms with van der Waals surface area (Å²) in [6, 6.07) is 15.6. The molecule has 23 heavy (non-hydrogen) atoms. The smallest absolute Gasteiger partial charge is 0.253 e. The van der Waals surface area contributed by atoms with E-state index in [1.807, 2.05) is 48.5 Å². The number of anilines is 1. The van der Waals surface area contributed by atoms with Gasteiger partial charge in [0.2, 0.25) is 0 Å². The Labute approximate surface area is 133 Å². The molecule has 2 heterocycles. The van der Waals surface area contributed by atoms with E-state index in [-0.39, 0.29) is 12.0 Å². The zero-order valence-electron chi connectivity index (χ0n) is 12.6. The van der Waals surface area contributed by atoms with Gasteiger partial charge in [0.05, 0.1) is 11.0 Å². The van der Waals surface area contributed by atoms with Gasteiger partial charge in [-0.1, -0.05) is 12.1 Å². The zero-order chi connectivity index (χ0) is 15.6. The molecule has 1 fully saturated rings. The third-order valence-electron chi connectivity index (χ3n) is 4.04. The maximum Gasteiger partial charge on any atom is 0.253 e. The first-order valence-corrected chi connectivity index (χ1v) is 7.77. The lowest BCUT2D eigenvalue weighted by Gasteiger charge is -2.10. The van der Waals surface area contributed by atoms with Crippen LogP contribution < -0.4 is 5.32 Å². The molecule has 4 rings (SSSR count). The molecule has 116 valence electrons. The topological polar surface area (TPSA) is 67.0 Å². The summed E-state index contributed by atoms with van der Waals surface area (Å²) >= 11 is 0. The minimum Gasteiger partial charge on any atom is -0.368 e. The number of carbonyl (C=O) groups is 1. The van der Waals surface area contributed by atoms with Crippen molar-refractivity contribution in [2.75, 3.05) is 11.9 Å². The van der Waals surface area contributed by atoms with E-state index in [0.717, 1.165) is 41.0 Å². The Hall–Kier alpha value is -2.66. The number of fused-ring (bicyclic) bond motifs is 1. The molecular weight excluding hydrogens is 290 g/mol. The Morgan fingerprint density at radius 3 is 2.74 bits per heavy atom. The van der Waals surface area contributed by atoms with Gasteiger partial charge in [-0.05, 0) is 49.2 Å². The Bertz CT molecular complexity index is 800. The first-order valence-electron chi connectivity index (χ1n) is 7.77. The molecule has 2 aromatic carbocycles. The van der Waals surface area contributed by atoms with Crippen molar-refractivity contribution in [1.29, 1.82) is 0 Å².